The normalized spacial score (nSPS) is 11.2. The maximum absolute atomic E-state index is 14.0. The zero-order valence-electron chi connectivity index (χ0n) is 17.1. The molecular formula is C23H22FN5O. The molecule has 0 aliphatic carbocycles. The Bertz CT molecular complexity index is 1200. The smallest absolute Gasteiger partial charge is 0.254 e. The number of aromatic nitrogens is 4. The fourth-order valence-corrected chi connectivity index (χ4v) is 3.32. The van der Waals surface area contributed by atoms with Crippen molar-refractivity contribution in [1.82, 2.24) is 24.6 Å². The van der Waals surface area contributed by atoms with Gasteiger partial charge in [0.15, 0.2) is 0 Å². The molecule has 6 nitrogen and oxygen atoms in total. The van der Waals surface area contributed by atoms with Crippen LogP contribution < -0.4 is 0 Å². The van der Waals surface area contributed by atoms with Crippen molar-refractivity contribution in [3.63, 3.8) is 0 Å². The predicted octanol–water partition coefficient (Wildman–Crippen LogP) is 4.49. The van der Waals surface area contributed by atoms with Crippen molar-refractivity contribution < 1.29 is 9.18 Å². The van der Waals surface area contributed by atoms with E-state index < -0.39 is 5.82 Å². The van der Waals surface area contributed by atoms with Gasteiger partial charge in [-0.25, -0.2) is 9.37 Å². The molecule has 7 heteroatoms. The zero-order valence-corrected chi connectivity index (χ0v) is 17.1. The standard InChI is InChI=1S/C23H22FN5O/c1-15(2)29-14-17(12-26-29)22-11-20(19-10-18(24)4-5-21(19)27-22)23(30)28(3)13-16-6-8-25-9-7-16/h4-12,14-15H,13H2,1-3H3. The van der Waals surface area contributed by atoms with E-state index in [2.05, 4.69) is 15.1 Å². The van der Waals surface area contributed by atoms with E-state index in [0.717, 1.165) is 11.1 Å². The van der Waals surface area contributed by atoms with Crippen LogP contribution in [0, 0.1) is 5.82 Å². The second-order valence-corrected chi connectivity index (χ2v) is 7.54. The summed E-state index contributed by atoms with van der Waals surface area (Å²) in [6.45, 7) is 4.49. The van der Waals surface area contributed by atoms with Crippen LogP contribution in [0.5, 0.6) is 0 Å². The third-order valence-electron chi connectivity index (χ3n) is 4.94. The molecule has 4 aromatic rings. The minimum Gasteiger partial charge on any atom is -0.337 e. The molecule has 1 amide bonds. The van der Waals surface area contributed by atoms with Gasteiger partial charge in [0.1, 0.15) is 5.82 Å². The molecule has 0 atom stereocenters. The SMILES string of the molecule is CC(C)n1cc(-c2cc(C(=O)N(C)Cc3ccncc3)c3cc(F)ccc3n2)cn1. The summed E-state index contributed by atoms with van der Waals surface area (Å²) in [6, 6.07) is 9.96. The van der Waals surface area contributed by atoms with Crippen LogP contribution in [0.4, 0.5) is 4.39 Å². The van der Waals surface area contributed by atoms with Crippen LogP contribution in [0.1, 0.15) is 35.8 Å². The Balaban J connectivity index is 1.78. The Kier molecular flexibility index (Phi) is 5.27. The number of nitrogens with zero attached hydrogens (tertiary/aromatic N) is 5. The van der Waals surface area contributed by atoms with Gasteiger partial charge in [-0.1, -0.05) is 0 Å². The molecular weight excluding hydrogens is 381 g/mol. The Labute approximate surface area is 174 Å². The van der Waals surface area contributed by atoms with Gasteiger partial charge in [0.2, 0.25) is 0 Å². The molecule has 0 unspecified atom stereocenters. The molecule has 3 aromatic heterocycles. The summed E-state index contributed by atoms with van der Waals surface area (Å²) in [6.07, 6.45) is 7.01. The molecule has 0 aliphatic heterocycles. The first-order valence-corrected chi connectivity index (χ1v) is 9.71. The summed E-state index contributed by atoms with van der Waals surface area (Å²) < 4.78 is 15.8. The van der Waals surface area contributed by atoms with E-state index in [-0.39, 0.29) is 11.9 Å². The van der Waals surface area contributed by atoms with Crippen LogP contribution in [0.2, 0.25) is 0 Å². The van der Waals surface area contributed by atoms with Gasteiger partial charge < -0.3 is 4.90 Å². The summed E-state index contributed by atoms with van der Waals surface area (Å²) in [5, 5.41) is 4.85. The number of hydrogen-bond acceptors (Lipinski definition) is 4. The molecule has 30 heavy (non-hydrogen) atoms. The number of halogens is 1. The van der Waals surface area contributed by atoms with Crippen LogP contribution >= 0.6 is 0 Å². The molecule has 1 aromatic carbocycles. The predicted molar refractivity (Wildman–Crippen MR) is 113 cm³/mol. The van der Waals surface area contributed by atoms with Gasteiger partial charge in [0.05, 0.1) is 23.0 Å². The maximum atomic E-state index is 14.0. The molecule has 0 saturated carbocycles. The Morgan fingerprint density at radius 3 is 2.63 bits per heavy atom. The summed E-state index contributed by atoms with van der Waals surface area (Å²) in [4.78, 5) is 23.6. The molecule has 0 saturated heterocycles. The summed E-state index contributed by atoms with van der Waals surface area (Å²) in [5.41, 5.74) is 3.36. The highest BCUT2D eigenvalue weighted by Gasteiger charge is 2.19. The Morgan fingerprint density at radius 2 is 1.93 bits per heavy atom. The topological polar surface area (TPSA) is 63.9 Å². The van der Waals surface area contributed by atoms with Crippen molar-refractivity contribution in [2.24, 2.45) is 0 Å². The average Bonchev–Trinajstić information content (AvgIpc) is 3.24. The number of fused-ring (bicyclic) bond motifs is 1. The highest BCUT2D eigenvalue weighted by Crippen LogP contribution is 2.27. The first-order valence-electron chi connectivity index (χ1n) is 9.71. The second-order valence-electron chi connectivity index (χ2n) is 7.54. The third kappa shape index (κ3) is 3.91. The van der Waals surface area contributed by atoms with Gasteiger partial charge in [-0.05, 0) is 55.8 Å². The highest BCUT2D eigenvalue weighted by molar-refractivity contribution is 6.07. The van der Waals surface area contributed by atoms with Crippen molar-refractivity contribution in [3.05, 3.63) is 78.1 Å². The highest BCUT2D eigenvalue weighted by atomic mass is 19.1. The van der Waals surface area contributed by atoms with Gasteiger partial charge in [-0.3, -0.25) is 14.5 Å². The van der Waals surface area contributed by atoms with Crippen LogP contribution in [-0.4, -0.2) is 37.6 Å². The van der Waals surface area contributed by atoms with Crippen molar-refractivity contribution >= 4 is 16.8 Å². The largest absolute Gasteiger partial charge is 0.337 e. The zero-order chi connectivity index (χ0) is 21.3. The number of pyridine rings is 2. The molecule has 152 valence electrons. The summed E-state index contributed by atoms with van der Waals surface area (Å²) >= 11 is 0. The second kappa shape index (κ2) is 8.02. The van der Waals surface area contributed by atoms with Gasteiger partial charge in [0, 0.05) is 49.2 Å². The van der Waals surface area contributed by atoms with Gasteiger partial charge >= 0.3 is 0 Å². The van der Waals surface area contributed by atoms with E-state index >= 15 is 0 Å². The number of carbonyl (C=O) groups is 1. The van der Waals surface area contributed by atoms with Crippen molar-refractivity contribution in [3.8, 4) is 11.3 Å². The number of amides is 1. The van der Waals surface area contributed by atoms with Crippen molar-refractivity contribution in [2.75, 3.05) is 7.05 Å². The molecule has 0 N–H and O–H groups in total. The van der Waals surface area contributed by atoms with E-state index in [1.165, 1.54) is 12.1 Å². The fraction of sp³-hybridized carbons (Fsp3) is 0.217. The fourth-order valence-electron chi connectivity index (χ4n) is 3.32. The number of carbonyl (C=O) groups excluding carboxylic acids is 1. The van der Waals surface area contributed by atoms with E-state index in [0.29, 0.717) is 28.7 Å². The minimum atomic E-state index is -0.407. The van der Waals surface area contributed by atoms with E-state index in [9.17, 15) is 9.18 Å². The first kappa shape index (κ1) is 19.7. The van der Waals surface area contributed by atoms with Gasteiger partial charge in [0.25, 0.3) is 5.91 Å². The minimum absolute atomic E-state index is 0.206. The molecule has 0 spiro atoms. The van der Waals surface area contributed by atoms with Gasteiger partial charge in [-0.2, -0.15) is 5.10 Å². The van der Waals surface area contributed by atoms with Crippen molar-refractivity contribution in [1.29, 1.82) is 0 Å². The van der Waals surface area contributed by atoms with Crippen LogP contribution in [0.15, 0.2) is 61.2 Å². The molecule has 0 fully saturated rings. The number of hydrogen-bond donors (Lipinski definition) is 0. The third-order valence-corrected chi connectivity index (χ3v) is 4.94. The number of rotatable bonds is 5. The lowest BCUT2D eigenvalue weighted by Gasteiger charge is -2.19. The molecule has 0 radical (unpaired) electrons. The lowest BCUT2D eigenvalue weighted by Crippen LogP contribution is -2.26. The van der Waals surface area contributed by atoms with E-state index in [4.69, 9.17) is 0 Å². The van der Waals surface area contributed by atoms with E-state index in [1.807, 2.05) is 36.9 Å². The lowest BCUT2D eigenvalue weighted by molar-refractivity contribution is 0.0787. The monoisotopic (exact) mass is 403 g/mol. The van der Waals surface area contributed by atoms with Gasteiger partial charge in [-0.15, -0.1) is 0 Å². The number of benzene rings is 1. The van der Waals surface area contributed by atoms with Crippen LogP contribution in [0.3, 0.4) is 0 Å². The Morgan fingerprint density at radius 1 is 1.17 bits per heavy atom. The average molecular weight is 403 g/mol. The molecule has 0 bridgehead atoms. The summed E-state index contributed by atoms with van der Waals surface area (Å²) in [7, 11) is 1.73. The molecule has 3 heterocycles. The lowest BCUT2D eigenvalue weighted by atomic mass is 10.0. The molecule has 0 aliphatic rings. The van der Waals surface area contributed by atoms with E-state index in [1.54, 1.807) is 42.7 Å². The van der Waals surface area contributed by atoms with Crippen molar-refractivity contribution in [2.45, 2.75) is 26.4 Å². The van der Waals surface area contributed by atoms with Crippen LogP contribution in [-0.2, 0) is 6.54 Å². The quantitative estimate of drug-likeness (QED) is 0.493. The Hall–Kier alpha value is -3.61. The molecule has 4 rings (SSSR count). The first-order chi connectivity index (χ1) is 14.4. The van der Waals surface area contributed by atoms with Crippen LogP contribution in [0.25, 0.3) is 22.2 Å². The maximum Gasteiger partial charge on any atom is 0.254 e. The summed E-state index contributed by atoms with van der Waals surface area (Å²) in [5.74, 6) is -0.613.